The lowest BCUT2D eigenvalue weighted by atomic mass is 10.2. The van der Waals surface area contributed by atoms with Crippen molar-refractivity contribution < 1.29 is 8.83 Å². The third-order valence-corrected chi connectivity index (χ3v) is 3.66. The highest BCUT2D eigenvalue weighted by Gasteiger charge is 2.09. The summed E-state index contributed by atoms with van der Waals surface area (Å²) in [6.45, 7) is 0. The summed E-state index contributed by atoms with van der Waals surface area (Å²) in [5, 5.41) is 8.77. The van der Waals surface area contributed by atoms with Gasteiger partial charge in [-0.15, -0.1) is 0 Å². The summed E-state index contributed by atoms with van der Waals surface area (Å²) >= 11 is 5.37. The number of anilines is 2. The summed E-state index contributed by atoms with van der Waals surface area (Å²) in [5.74, 6) is 0. The third-order valence-electron chi connectivity index (χ3n) is 3.46. The van der Waals surface area contributed by atoms with Gasteiger partial charge in [-0.05, 0) is 36.5 Å². The Kier molecular flexibility index (Phi) is 3.05. The first-order valence-corrected chi connectivity index (χ1v) is 7.22. The Morgan fingerprint density at radius 3 is 1.68 bits per heavy atom. The molecule has 0 saturated heterocycles. The Labute approximate surface area is 131 Å². The standard InChI is InChI=1S/C17H12N2O2S/c22-17(18-13-9-20-15-7-3-1-5-11(13)15)19-14-10-21-16-8-4-2-6-12(14)16/h1-10H,(H2,18,19,22). The van der Waals surface area contributed by atoms with Crippen LogP contribution in [0.5, 0.6) is 0 Å². The molecule has 2 heterocycles. The second-order valence-electron chi connectivity index (χ2n) is 4.87. The highest BCUT2D eigenvalue weighted by Crippen LogP contribution is 2.27. The molecule has 0 aliphatic heterocycles. The molecule has 0 aliphatic rings. The van der Waals surface area contributed by atoms with Crippen LogP contribution >= 0.6 is 12.2 Å². The van der Waals surface area contributed by atoms with Crippen LogP contribution in [-0.2, 0) is 0 Å². The monoisotopic (exact) mass is 308 g/mol. The van der Waals surface area contributed by atoms with E-state index in [0.29, 0.717) is 5.11 Å². The first-order valence-electron chi connectivity index (χ1n) is 6.82. The van der Waals surface area contributed by atoms with Gasteiger partial charge in [0.05, 0.1) is 11.4 Å². The molecule has 0 amide bonds. The van der Waals surface area contributed by atoms with Gasteiger partial charge in [0.25, 0.3) is 0 Å². The van der Waals surface area contributed by atoms with Crippen molar-refractivity contribution in [3.05, 3.63) is 61.1 Å². The van der Waals surface area contributed by atoms with E-state index >= 15 is 0 Å². The van der Waals surface area contributed by atoms with E-state index in [4.69, 9.17) is 21.1 Å². The average Bonchev–Trinajstić information content (AvgIpc) is 3.13. The smallest absolute Gasteiger partial charge is 0.175 e. The Balaban J connectivity index is 1.58. The van der Waals surface area contributed by atoms with Crippen LogP contribution in [0.1, 0.15) is 0 Å². The Bertz CT molecular complexity index is 893. The highest BCUT2D eigenvalue weighted by atomic mass is 32.1. The van der Waals surface area contributed by atoms with Crippen molar-refractivity contribution in [1.29, 1.82) is 0 Å². The molecule has 2 N–H and O–H groups in total. The van der Waals surface area contributed by atoms with E-state index in [1.165, 1.54) is 0 Å². The molecule has 4 rings (SSSR count). The fraction of sp³-hybridized carbons (Fsp3) is 0. The molecule has 0 atom stereocenters. The minimum atomic E-state index is 0.484. The van der Waals surface area contributed by atoms with Crippen LogP contribution in [0.25, 0.3) is 21.9 Å². The summed E-state index contributed by atoms with van der Waals surface area (Å²) in [6.07, 6.45) is 3.32. The van der Waals surface area contributed by atoms with E-state index in [1.54, 1.807) is 12.5 Å². The van der Waals surface area contributed by atoms with E-state index < -0.39 is 0 Å². The lowest BCUT2D eigenvalue weighted by Gasteiger charge is -2.07. The Morgan fingerprint density at radius 2 is 1.18 bits per heavy atom. The van der Waals surface area contributed by atoms with Crippen LogP contribution in [-0.4, -0.2) is 5.11 Å². The molecule has 5 heteroatoms. The van der Waals surface area contributed by atoms with E-state index in [0.717, 1.165) is 33.3 Å². The van der Waals surface area contributed by atoms with Crippen molar-refractivity contribution in [2.75, 3.05) is 10.6 Å². The summed E-state index contributed by atoms with van der Waals surface area (Å²) in [6, 6.07) is 15.6. The fourth-order valence-electron chi connectivity index (χ4n) is 2.43. The molecule has 108 valence electrons. The van der Waals surface area contributed by atoms with Crippen LogP contribution in [0.15, 0.2) is 69.9 Å². The second-order valence-corrected chi connectivity index (χ2v) is 5.28. The normalized spacial score (nSPS) is 10.9. The van der Waals surface area contributed by atoms with E-state index in [9.17, 15) is 0 Å². The van der Waals surface area contributed by atoms with Gasteiger partial charge in [-0.3, -0.25) is 0 Å². The van der Waals surface area contributed by atoms with Gasteiger partial charge in [0.2, 0.25) is 0 Å². The van der Waals surface area contributed by atoms with Gasteiger partial charge in [-0.25, -0.2) is 0 Å². The third kappa shape index (κ3) is 2.21. The maximum absolute atomic E-state index is 5.49. The number of hydrogen-bond acceptors (Lipinski definition) is 3. The zero-order valence-electron chi connectivity index (χ0n) is 11.5. The maximum Gasteiger partial charge on any atom is 0.175 e. The molecule has 0 aliphatic carbocycles. The lowest BCUT2D eigenvalue weighted by Crippen LogP contribution is -2.18. The number of para-hydroxylation sites is 2. The van der Waals surface area contributed by atoms with Gasteiger partial charge in [0.1, 0.15) is 23.7 Å². The van der Waals surface area contributed by atoms with Crippen LogP contribution in [0.4, 0.5) is 11.4 Å². The minimum absolute atomic E-state index is 0.484. The van der Waals surface area contributed by atoms with Crippen molar-refractivity contribution in [1.82, 2.24) is 0 Å². The summed E-state index contributed by atoms with van der Waals surface area (Å²) < 4.78 is 11.0. The molecule has 4 aromatic rings. The molecule has 0 saturated carbocycles. The second kappa shape index (κ2) is 5.20. The SMILES string of the molecule is S=C(Nc1coc2ccccc12)Nc1coc2ccccc12. The molecular formula is C17H12N2O2S. The van der Waals surface area contributed by atoms with Gasteiger partial charge < -0.3 is 19.5 Å². The van der Waals surface area contributed by atoms with Crippen molar-refractivity contribution in [3.8, 4) is 0 Å². The number of fused-ring (bicyclic) bond motifs is 2. The van der Waals surface area contributed by atoms with Gasteiger partial charge in [0.15, 0.2) is 5.11 Å². The fourth-order valence-corrected chi connectivity index (χ4v) is 2.65. The topological polar surface area (TPSA) is 50.3 Å². The van der Waals surface area contributed by atoms with E-state index in [-0.39, 0.29) is 0 Å². The largest absolute Gasteiger partial charge is 0.462 e. The number of furan rings is 2. The van der Waals surface area contributed by atoms with E-state index in [1.807, 2.05) is 48.5 Å². The predicted molar refractivity (Wildman–Crippen MR) is 92.3 cm³/mol. The van der Waals surface area contributed by atoms with Crippen molar-refractivity contribution >= 4 is 50.6 Å². The quantitative estimate of drug-likeness (QED) is 0.511. The number of hydrogen-bond donors (Lipinski definition) is 2. The molecule has 0 bridgehead atoms. The van der Waals surface area contributed by atoms with Gasteiger partial charge in [-0.2, -0.15) is 0 Å². The van der Waals surface area contributed by atoms with Crippen LogP contribution in [0.2, 0.25) is 0 Å². The zero-order valence-corrected chi connectivity index (χ0v) is 12.3. The van der Waals surface area contributed by atoms with Crippen LogP contribution in [0, 0.1) is 0 Å². The Hall–Kier alpha value is -2.79. The van der Waals surface area contributed by atoms with Gasteiger partial charge in [-0.1, -0.05) is 24.3 Å². The minimum Gasteiger partial charge on any atom is -0.462 e. The van der Waals surface area contributed by atoms with Gasteiger partial charge in [0, 0.05) is 10.8 Å². The molecule has 4 nitrogen and oxygen atoms in total. The first kappa shape index (κ1) is 12.9. The average molecular weight is 308 g/mol. The highest BCUT2D eigenvalue weighted by molar-refractivity contribution is 7.80. The predicted octanol–water partition coefficient (Wildman–Crippen LogP) is 4.99. The molecule has 0 spiro atoms. The molecule has 2 aromatic carbocycles. The summed E-state index contributed by atoms with van der Waals surface area (Å²) in [4.78, 5) is 0. The maximum atomic E-state index is 5.49. The van der Waals surface area contributed by atoms with Crippen molar-refractivity contribution in [3.63, 3.8) is 0 Å². The number of rotatable bonds is 2. The number of thiocarbonyl (C=S) groups is 1. The number of nitrogens with one attached hydrogen (secondary N) is 2. The first-order chi connectivity index (χ1) is 10.8. The summed E-state index contributed by atoms with van der Waals surface area (Å²) in [5.41, 5.74) is 3.31. The zero-order chi connectivity index (χ0) is 14.9. The molecule has 0 fully saturated rings. The van der Waals surface area contributed by atoms with Crippen LogP contribution < -0.4 is 10.6 Å². The van der Waals surface area contributed by atoms with Crippen LogP contribution in [0.3, 0.4) is 0 Å². The lowest BCUT2D eigenvalue weighted by molar-refractivity contribution is 0.617. The van der Waals surface area contributed by atoms with Gasteiger partial charge >= 0.3 is 0 Å². The molecular weight excluding hydrogens is 296 g/mol. The Morgan fingerprint density at radius 1 is 0.727 bits per heavy atom. The molecule has 0 radical (unpaired) electrons. The number of benzene rings is 2. The van der Waals surface area contributed by atoms with E-state index in [2.05, 4.69) is 10.6 Å². The molecule has 22 heavy (non-hydrogen) atoms. The summed E-state index contributed by atoms with van der Waals surface area (Å²) in [7, 11) is 0. The molecule has 2 aromatic heterocycles. The van der Waals surface area contributed by atoms with Crippen molar-refractivity contribution in [2.24, 2.45) is 0 Å². The molecule has 0 unspecified atom stereocenters. The van der Waals surface area contributed by atoms with Crippen molar-refractivity contribution in [2.45, 2.75) is 0 Å².